The highest BCUT2D eigenvalue weighted by Gasteiger charge is 1.79. The summed E-state index contributed by atoms with van der Waals surface area (Å²) in [6, 6.07) is 0. The van der Waals surface area contributed by atoms with Gasteiger partial charge < -0.3 is 0 Å². The Kier molecular flexibility index (Phi) is 5.54. The lowest BCUT2D eigenvalue weighted by atomic mass is 10.2. The minimum atomic E-state index is 1.14. The molecule has 1 aliphatic rings. The molecule has 0 heteroatoms. The third kappa shape index (κ3) is 5.92. The van der Waals surface area contributed by atoms with Gasteiger partial charge in [-0.15, -0.1) is 0 Å². The van der Waals surface area contributed by atoms with Gasteiger partial charge in [0.2, 0.25) is 0 Å². The number of allylic oxidation sites excluding steroid dienone is 10. The Balaban J connectivity index is 2.51. The molecule has 0 heterocycles. The molecule has 0 saturated carbocycles. The molecule has 1 radical (unpaired) electrons. The zero-order valence-corrected chi connectivity index (χ0v) is 7.82. The molecular weight excluding hydrogens is 156 g/mol. The van der Waals surface area contributed by atoms with Crippen molar-refractivity contribution in [1.82, 2.24) is 0 Å². The van der Waals surface area contributed by atoms with Crippen molar-refractivity contribution in [3.63, 3.8) is 0 Å². The summed E-state index contributed by atoms with van der Waals surface area (Å²) in [7, 11) is 0. The van der Waals surface area contributed by atoms with Crippen molar-refractivity contribution < 1.29 is 0 Å². The van der Waals surface area contributed by atoms with Crippen LogP contribution in [-0.4, -0.2) is 0 Å². The average molecular weight is 171 g/mol. The molecule has 13 heavy (non-hydrogen) atoms. The molecule has 0 aromatic rings. The van der Waals surface area contributed by atoms with Crippen molar-refractivity contribution in [2.45, 2.75) is 19.3 Å². The Labute approximate surface area is 80.7 Å². The fraction of sp³-hybridized carbons (Fsp3) is 0.231. The molecule has 0 unspecified atom stereocenters. The summed E-state index contributed by atoms with van der Waals surface area (Å²) in [4.78, 5) is 0. The lowest BCUT2D eigenvalue weighted by Gasteiger charge is -1.87. The first-order chi connectivity index (χ1) is 6.50. The molecule has 0 fully saturated rings. The molecule has 1 rings (SSSR count). The van der Waals surface area contributed by atoms with Gasteiger partial charge in [-0.1, -0.05) is 54.7 Å². The number of hydrogen-bond acceptors (Lipinski definition) is 0. The van der Waals surface area contributed by atoms with Crippen molar-refractivity contribution in [1.29, 1.82) is 0 Å². The summed E-state index contributed by atoms with van der Waals surface area (Å²) in [5.74, 6) is 0. The van der Waals surface area contributed by atoms with E-state index >= 15 is 0 Å². The van der Waals surface area contributed by atoms with E-state index in [0.717, 1.165) is 12.8 Å². The topological polar surface area (TPSA) is 0 Å². The van der Waals surface area contributed by atoms with E-state index in [1.807, 2.05) is 30.4 Å². The van der Waals surface area contributed by atoms with Crippen LogP contribution in [0.5, 0.6) is 0 Å². The van der Waals surface area contributed by atoms with E-state index in [9.17, 15) is 0 Å². The molecule has 0 nitrogen and oxygen atoms in total. The molecule has 0 aromatic heterocycles. The Morgan fingerprint density at radius 1 is 0.769 bits per heavy atom. The van der Waals surface area contributed by atoms with Gasteiger partial charge in [-0.25, -0.2) is 0 Å². The second kappa shape index (κ2) is 7.35. The minimum absolute atomic E-state index is 1.14. The predicted octanol–water partition coefficient (Wildman–Crippen LogP) is 3.75. The standard InChI is InChI=1S/C13H15/c1-2-4-6-8-10-12-13-11-9-7-5-3-1/h1-7,11,13H,8,10,12H2. The van der Waals surface area contributed by atoms with Crippen LogP contribution < -0.4 is 0 Å². The van der Waals surface area contributed by atoms with E-state index < -0.39 is 0 Å². The molecule has 0 saturated heterocycles. The van der Waals surface area contributed by atoms with E-state index in [1.165, 1.54) is 6.42 Å². The fourth-order valence-electron chi connectivity index (χ4n) is 1.04. The molecule has 0 amide bonds. The first-order valence-electron chi connectivity index (χ1n) is 4.73. The maximum atomic E-state index is 3.08. The second-order valence-electron chi connectivity index (χ2n) is 2.86. The van der Waals surface area contributed by atoms with Crippen molar-refractivity contribution in [2.75, 3.05) is 0 Å². The van der Waals surface area contributed by atoms with Gasteiger partial charge in [0.1, 0.15) is 0 Å². The smallest absolute Gasteiger partial charge is 0.0187 e. The van der Waals surface area contributed by atoms with Gasteiger partial charge in [0.15, 0.2) is 0 Å². The second-order valence-corrected chi connectivity index (χ2v) is 2.86. The van der Waals surface area contributed by atoms with Gasteiger partial charge in [-0.05, 0) is 25.3 Å². The van der Waals surface area contributed by atoms with Crippen LogP contribution in [0, 0.1) is 6.08 Å². The maximum Gasteiger partial charge on any atom is -0.0187 e. The van der Waals surface area contributed by atoms with Crippen LogP contribution in [0.15, 0.2) is 54.7 Å². The lowest BCUT2D eigenvalue weighted by Crippen LogP contribution is -1.67. The third-order valence-electron chi connectivity index (χ3n) is 1.73. The largest absolute Gasteiger partial charge is 0.0845 e. The highest BCUT2D eigenvalue weighted by molar-refractivity contribution is 5.16. The lowest BCUT2D eigenvalue weighted by molar-refractivity contribution is 0.868. The molecule has 0 aliphatic heterocycles. The first kappa shape index (κ1) is 9.79. The minimum Gasteiger partial charge on any atom is -0.0845 e. The summed E-state index contributed by atoms with van der Waals surface area (Å²) in [5.41, 5.74) is 0. The summed E-state index contributed by atoms with van der Waals surface area (Å²) in [6.45, 7) is 0. The van der Waals surface area contributed by atoms with Gasteiger partial charge in [-0.2, -0.15) is 0 Å². The fourth-order valence-corrected chi connectivity index (χ4v) is 1.04. The quantitative estimate of drug-likeness (QED) is 0.520. The van der Waals surface area contributed by atoms with Crippen LogP contribution in [0.4, 0.5) is 0 Å². The van der Waals surface area contributed by atoms with E-state index in [2.05, 4.69) is 30.4 Å². The average Bonchev–Trinajstić information content (AvgIpc) is 2.18. The van der Waals surface area contributed by atoms with Crippen molar-refractivity contribution >= 4 is 0 Å². The van der Waals surface area contributed by atoms with Gasteiger partial charge in [-0.3, -0.25) is 0 Å². The van der Waals surface area contributed by atoms with E-state index in [4.69, 9.17) is 0 Å². The van der Waals surface area contributed by atoms with Crippen LogP contribution in [-0.2, 0) is 0 Å². The van der Waals surface area contributed by atoms with E-state index in [-0.39, 0.29) is 0 Å². The highest BCUT2D eigenvalue weighted by Crippen LogP contribution is 1.98. The third-order valence-corrected chi connectivity index (χ3v) is 1.73. The zero-order valence-electron chi connectivity index (χ0n) is 7.82. The van der Waals surface area contributed by atoms with Crippen LogP contribution in [0.1, 0.15) is 19.3 Å². The first-order valence-corrected chi connectivity index (χ1v) is 4.73. The SMILES string of the molecule is [C]1=CC=CC=CC=CCCCC=C1. The van der Waals surface area contributed by atoms with Crippen LogP contribution >= 0.6 is 0 Å². The van der Waals surface area contributed by atoms with Crippen LogP contribution in [0.2, 0.25) is 0 Å². The Morgan fingerprint density at radius 3 is 2.54 bits per heavy atom. The van der Waals surface area contributed by atoms with Gasteiger partial charge in [0, 0.05) is 0 Å². The summed E-state index contributed by atoms with van der Waals surface area (Å²) >= 11 is 0. The Hall–Kier alpha value is -1.30. The van der Waals surface area contributed by atoms with Crippen molar-refractivity contribution in [3.05, 3.63) is 60.8 Å². The van der Waals surface area contributed by atoms with Crippen LogP contribution in [0.25, 0.3) is 0 Å². The van der Waals surface area contributed by atoms with Crippen molar-refractivity contribution in [3.8, 4) is 0 Å². The predicted molar refractivity (Wildman–Crippen MR) is 58.2 cm³/mol. The molecule has 1 aliphatic carbocycles. The molecule has 0 spiro atoms. The molecular formula is C13H15. The molecule has 0 aromatic carbocycles. The molecule has 67 valence electrons. The molecule has 0 bridgehead atoms. The molecule has 0 N–H and O–H groups in total. The summed E-state index contributed by atoms with van der Waals surface area (Å²) in [5, 5.41) is 0. The maximum absolute atomic E-state index is 3.08. The van der Waals surface area contributed by atoms with E-state index in [0.29, 0.717) is 0 Å². The normalized spacial score (nSPS) is 17.8. The Bertz CT molecular complexity index is 223. The van der Waals surface area contributed by atoms with E-state index in [1.54, 1.807) is 0 Å². The Morgan fingerprint density at radius 2 is 1.54 bits per heavy atom. The monoisotopic (exact) mass is 171 g/mol. The summed E-state index contributed by atoms with van der Waals surface area (Å²) in [6.07, 6.45) is 25.0. The van der Waals surface area contributed by atoms with Crippen LogP contribution in [0.3, 0.4) is 0 Å². The van der Waals surface area contributed by atoms with Gasteiger partial charge >= 0.3 is 0 Å². The zero-order chi connectivity index (χ0) is 9.19. The van der Waals surface area contributed by atoms with Crippen molar-refractivity contribution in [2.24, 2.45) is 0 Å². The van der Waals surface area contributed by atoms with Gasteiger partial charge in [0.25, 0.3) is 0 Å². The van der Waals surface area contributed by atoms with Gasteiger partial charge in [0.05, 0.1) is 0 Å². The number of hydrogen-bond donors (Lipinski definition) is 0. The summed E-state index contributed by atoms with van der Waals surface area (Å²) < 4.78 is 0. The highest BCUT2D eigenvalue weighted by atomic mass is 13.8. The number of rotatable bonds is 0. The molecule has 0 atom stereocenters.